The Bertz CT molecular complexity index is 1890. The van der Waals surface area contributed by atoms with Gasteiger partial charge in [-0.25, -0.2) is 22.7 Å². The molecule has 3 amide bonds. The van der Waals surface area contributed by atoms with E-state index in [1.807, 2.05) is 48.9 Å². The molecule has 1 atom stereocenters. The highest BCUT2D eigenvalue weighted by atomic mass is 32.2. The SMILES string of the molecule is Cc1ccc(-c2cc(C)nn2-c2ccc(S(=O)(=O)NC(=O)CN(C)/[N+]([O-])=N/OC(C)N3C(=O)c4ccccc4C3=O)cc2)cc1. The zero-order valence-electron chi connectivity index (χ0n) is 24.7. The monoisotopic (exact) mass is 631 g/mol. The van der Waals surface area contributed by atoms with Crippen molar-refractivity contribution in [2.24, 2.45) is 5.28 Å². The summed E-state index contributed by atoms with van der Waals surface area (Å²) in [5.74, 6) is -2.23. The topological polar surface area (TPSA) is 169 Å². The number of rotatable bonds is 10. The molecular weight excluding hydrogens is 602 g/mol. The van der Waals surface area contributed by atoms with E-state index in [4.69, 9.17) is 4.84 Å². The number of sulfonamides is 1. The van der Waals surface area contributed by atoms with Gasteiger partial charge in [0.2, 0.25) is 11.5 Å². The number of aryl methyl sites for hydroxylation is 2. The minimum absolute atomic E-state index is 0.104. The quantitative estimate of drug-likeness (QED) is 0.119. The summed E-state index contributed by atoms with van der Waals surface area (Å²) in [6, 6.07) is 21.9. The van der Waals surface area contributed by atoms with Crippen LogP contribution >= 0.6 is 0 Å². The maximum absolute atomic E-state index is 12.9. The molecule has 0 bridgehead atoms. The predicted molar refractivity (Wildman–Crippen MR) is 160 cm³/mol. The van der Waals surface area contributed by atoms with Crippen molar-refractivity contribution >= 4 is 27.7 Å². The molecule has 4 aromatic rings. The van der Waals surface area contributed by atoms with Gasteiger partial charge in [-0.3, -0.25) is 14.4 Å². The van der Waals surface area contributed by atoms with Crippen LogP contribution in [0.15, 0.2) is 89.0 Å². The molecule has 0 fully saturated rings. The second-order valence-corrected chi connectivity index (χ2v) is 12.0. The first-order valence-corrected chi connectivity index (χ1v) is 15.2. The molecule has 0 aliphatic carbocycles. The standard InChI is InChI=1S/C30H29N7O7S/c1-19-9-11-22(12-10-19)27-17-20(2)31-36(27)23-13-15-24(16-14-23)45(42,43)32-28(38)18-34(4)37(41)33-44-21(3)35-29(39)25-7-5-6-8-26(25)30(35)40/h5-17,21H,18H2,1-4H3,(H,32,38)/b37-33-. The normalized spacial score (nSPS) is 13.9. The van der Waals surface area contributed by atoms with Crippen molar-refractivity contribution in [3.8, 4) is 16.9 Å². The van der Waals surface area contributed by atoms with Gasteiger partial charge in [0.05, 0.1) is 45.1 Å². The summed E-state index contributed by atoms with van der Waals surface area (Å²) in [7, 11) is -3.11. The Labute approximate surface area is 258 Å². The van der Waals surface area contributed by atoms with E-state index in [0.717, 1.165) is 32.4 Å². The maximum atomic E-state index is 12.9. The van der Waals surface area contributed by atoms with E-state index in [9.17, 15) is 28.0 Å². The number of hydrogen-bond donors (Lipinski definition) is 1. The van der Waals surface area contributed by atoms with Crippen LogP contribution in [0.1, 0.15) is 38.9 Å². The van der Waals surface area contributed by atoms with Gasteiger partial charge < -0.3 is 10.0 Å². The Hall–Kier alpha value is -5.57. The van der Waals surface area contributed by atoms with Crippen molar-refractivity contribution in [2.75, 3.05) is 13.6 Å². The molecule has 14 nitrogen and oxygen atoms in total. The van der Waals surface area contributed by atoms with Gasteiger partial charge >= 0.3 is 0 Å². The summed E-state index contributed by atoms with van der Waals surface area (Å²) in [4.78, 5) is 43.2. The third-order valence-electron chi connectivity index (χ3n) is 6.94. The summed E-state index contributed by atoms with van der Waals surface area (Å²) < 4.78 is 29.4. The third kappa shape index (κ3) is 6.38. The Balaban J connectivity index is 1.20. The van der Waals surface area contributed by atoms with Crippen molar-refractivity contribution < 1.29 is 32.6 Å². The van der Waals surface area contributed by atoms with Gasteiger partial charge in [0.25, 0.3) is 27.7 Å². The van der Waals surface area contributed by atoms with Crippen molar-refractivity contribution in [1.29, 1.82) is 0 Å². The predicted octanol–water partition coefficient (Wildman–Crippen LogP) is 3.34. The van der Waals surface area contributed by atoms with Crippen LogP contribution in [0.5, 0.6) is 0 Å². The van der Waals surface area contributed by atoms with Crippen LogP contribution < -0.4 is 4.72 Å². The number of hydrazine groups is 1. The molecule has 1 N–H and O–H groups in total. The number of hydrogen-bond acceptors (Lipinski definition) is 9. The highest BCUT2D eigenvalue weighted by Gasteiger charge is 2.39. The first-order chi connectivity index (χ1) is 21.4. The van der Waals surface area contributed by atoms with Gasteiger partial charge in [0.15, 0.2) is 6.54 Å². The fourth-order valence-electron chi connectivity index (χ4n) is 4.66. The van der Waals surface area contributed by atoms with Crippen molar-refractivity contribution in [3.63, 3.8) is 0 Å². The van der Waals surface area contributed by atoms with E-state index in [0.29, 0.717) is 5.69 Å². The lowest BCUT2D eigenvalue weighted by Gasteiger charge is -2.19. The molecule has 0 radical (unpaired) electrons. The molecule has 0 spiro atoms. The van der Waals surface area contributed by atoms with E-state index in [-0.39, 0.29) is 21.0 Å². The summed E-state index contributed by atoms with van der Waals surface area (Å²) in [5.41, 5.74) is 4.68. The molecule has 1 aliphatic rings. The molecule has 3 aromatic carbocycles. The number of imide groups is 1. The lowest BCUT2D eigenvalue weighted by Crippen LogP contribution is -2.41. The van der Waals surface area contributed by atoms with Gasteiger partial charge in [-0.2, -0.15) is 5.10 Å². The Morgan fingerprint density at radius 2 is 1.62 bits per heavy atom. The fraction of sp³-hybridized carbons (Fsp3) is 0.200. The van der Waals surface area contributed by atoms with Crippen LogP contribution in [0.3, 0.4) is 0 Å². The van der Waals surface area contributed by atoms with Gasteiger partial charge in [0.1, 0.15) is 0 Å². The van der Waals surface area contributed by atoms with Crippen molar-refractivity contribution in [1.82, 2.24) is 24.4 Å². The van der Waals surface area contributed by atoms with Crippen LogP contribution in [-0.4, -0.2) is 70.6 Å². The van der Waals surface area contributed by atoms with Crippen molar-refractivity contribution in [2.45, 2.75) is 31.9 Å². The van der Waals surface area contributed by atoms with Gasteiger partial charge in [-0.15, -0.1) is 5.01 Å². The average molecular weight is 632 g/mol. The van der Waals surface area contributed by atoms with Gasteiger partial charge in [0, 0.05) is 5.56 Å². The molecule has 1 aliphatic heterocycles. The number of carbonyl (C=O) groups excluding carboxylic acids is 3. The number of likely N-dealkylation sites (N-methyl/N-ethyl adjacent to an activating group) is 1. The molecule has 0 saturated carbocycles. The molecule has 1 unspecified atom stereocenters. The largest absolute Gasteiger partial charge is 0.569 e. The van der Waals surface area contributed by atoms with Crippen LogP contribution in [-0.2, 0) is 19.7 Å². The number of aromatic nitrogens is 2. The van der Waals surface area contributed by atoms with Crippen molar-refractivity contribution in [3.05, 3.63) is 106 Å². The Morgan fingerprint density at radius 1 is 1.02 bits per heavy atom. The van der Waals surface area contributed by atoms with Gasteiger partial charge in [-0.05, 0) is 63.2 Å². The highest BCUT2D eigenvalue weighted by Crippen LogP contribution is 2.26. The first-order valence-electron chi connectivity index (χ1n) is 13.7. The number of carbonyl (C=O) groups is 3. The number of nitrogens with zero attached hydrogens (tertiary/aromatic N) is 6. The summed E-state index contributed by atoms with van der Waals surface area (Å²) in [6.07, 6.45) is -1.24. The smallest absolute Gasteiger partial charge is 0.264 e. The van der Waals surface area contributed by atoms with E-state index >= 15 is 0 Å². The van der Waals surface area contributed by atoms with E-state index in [1.54, 1.807) is 28.9 Å². The molecule has 15 heteroatoms. The number of nitrogens with one attached hydrogen (secondary N) is 1. The zero-order chi connectivity index (χ0) is 32.5. The Kier molecular flexibility index (Phi) is 8.37. The molecule has 45 heavy (non-hydrogen) atoms. The summed E-state index contributed by atoms with van der Waals surface area (Å²) >= 11 is 0. The summed E-state index contributed by atoms with van der Waals surface area (Å²) in [5, 5.41) is 20.9. The summed E-state index contributed by atoms with van der Waals surface area (Å²) in [6.45, 7) is 4.49. The molecule has 2 heterocycles. The highest BCUT2D eigenvalue weighted by molar-refractivity contribution is 7.90. The lowest BCUT2D eigenvalue weighted by atomic mass is 10.1. The molecule has 0 saturated heterocycles. The van der Waals surface area contributed by atoms with E-state index < -0.39 is 40.5 Å². The van der Waals surface area contributed by atoms with E-state index in [1.165, 1.54) is 38.2 Å². The second kappa shape index (κ2) is 12.2. The van der Waals surface area contributed by atoms with Crippen LogP contribution in [0.2, 0.25) is 0 Å². The molecular formula is C30H29N7O7S. The maximum Gasteiger partial charge on any atom is 0.264 e. The number of fused-ring (bicyclic) bond motifs is 1. The average Bonchev–Trinajstić information content (AvgIpc) is 3.52. The number of benzene rings is 3. The second-order valence-electron chi connectivity index (χ2n) is 10.4. The van der Waals surface area contributed by atoms with Crippen LogP contribution in [0.4, 0.5) is 0 Å². The molecule has 1 aromatic heterocycles. The third-order valence-corrected chi connectivity index (χ3v) is 8.33. The first kappa shape index (κ1) is 30.9. The van der Waals surface area contributed by atoms with Gasteiger partial charge in [-0.1, -0.05) is 42.0 Å². The van der Waals surface area contributed by atoms with E-state index in [2.05, 4.69) is 10.4 Å². The molecule has 5 rings (SSSR count). The Morgan fingerprint density at radius 3 is 2.22 bits per heavy atom. The fourth-order valence-corrected chi connectivity index (χ4v) is 5.63. The van der Waals surface area contributed by atoms with Crippen LogP contribution in [0.25, 0.3) is 16.9 Å². The minimum Gasteiger partial charge on any atom is -0.569 e. The minimum atomic E-state index is -4.29. The lowest BCUT2D eigenvalue weighted by molar-refractivity contribution is -0.704. The number of amides is 3. The van der Waals surface area contributed by atoms with Crippen LogP contribution in [0, 0.1) is 19.1 Å². The zero-order valence-corrected chi connectivity index (χ0v) is 25.6. The molecule has 232 valence electrons.